The van der Waals surface area contributed by atoms with Gasteiger partial charge in [-0.1, -0.05) is 32.3 Å². The average Bonchev–Trinajstić information content (AvgIpc) is 2.45. The van der Waals surface area contributed by atoms with Gasteiger partial charge in [0, 0.05) is 17.8 Å². The summed E-state index contributed by atoms with van der Waals surface area (Å²) in [5.41, 5.74) is 0.504. The molecule has 1 rings (SSSR count). The average molecular weight is 320 g/mol. The third kappa shape index (κ3) is 8.24. The largest absolute Gasteiger partial charge is 0.444 e. The molecule has 0 aromatic heterocycles. The summed E-state index contributed by atoms with van der Waals surface area (Å²) in [7, 11) is 0. The summed E-state index contributed by atoms with van der Waals surface area (Å²) in [6, 6.07) is 6.83. The van der Waals surface area contributed by atoms with Crippen molar-refractivity contribution in [3.8, 4) is 0 Å². The molecular weight excluding hydrogens is 292 g/mol. The molecule has 0 aliphatic rings. The van der Waals surface area contributed by atoms with E-state index >= 15 is 0 Å². The number of amides is 2. The Bertz CT molecular complexity index is 521. The van der Waals surface area contributed by atoms with Crippen molar-refractivity contribution in [3.05, 3.63) is 29.8 Å². The second kappa shape index (κ2) is 9.18. The number of rotatable bonds is 7. The van der Waals surface area contributed by atoms with Gasteiger partial charge < -0.3 is 10.1 Å². The van der Waals surface area contributed by atoms with Crippen LogP contribution < -0.4 is 10.6 Å². The number of ether oxygens (including phenoxy) is 1. The van der Waals surface area contributed by atoms with E-state index in [1.165, 1.54) is 12.8 Å². The first-order valence-corrected chi connectivity index (χ1v) is 8.20. The van der Waals surface area contributed by atoms with Crippen LogP contribution in [0.2, 0.25) is 0 Å². The number of hydrogen-bond donors (Lipinski definition) is 2. The maximum atomic E-state index is 12.1. The molecule has 0 heterocycles. The molecule has 0 fully saturated rings. The van der Waals surface area contributed by atoms with Crippen molar-refractivity contribution in [2.75, 3.05) is 11.9 Å². The van der Waals surface area contributed by atoms with E-state index in [9.17, 15) is 9.59 Å². The molecule has 0 bridgehead atoms. The van der Waals surface area contributed by atoms with E-state index in [0.29, 0.717) is 17.8 Å². The van der Waals surface area contributed by atoms with Gasteiger partial charge in [-0.2, -0.15) is 0 Å². The Kier molecular flexibility index (Phi) is 7.59. The van der Waals surface area contributed by atoms with Crippen LogP contribution in [0.5, 0.6) is 0 Å². The number of benzene rings is 1. The van der Waals surface area contributed by atoms with E-state index in [1.54, 1.807) is 45.0 Å². The lowest BCUT2D eigenvalue weighted by molar-refractivity contribution is 0.0635. The van der Waals surface area contributed by atoms with Gasteiger partial charge in [0.1, 0.15) is 5.60 Å². The van der Waals surface area contributed by atoms with Gasteiger partial charge >= 0.3 is 6.09 Å². The molecule has 1 aromatic carbocycles. The predicted octanol–water partition coefficient (Wildman–Crippen LogP) is 4.34. The third-order valence-corrected chi connectivity index (χ3v) is 3.09. The van der Waals surface area contributed by atoms with Gasteiger partial charge in [0.15, 0.2) is 0 Å². The van der Waals surface area contributed by atoms with Gasteiger partial charge in [-0.15, -0.1) is 0 Å². The summed E-state index contributed by atoms with van der Waals surface area (Å²) in [6.45, 7) is 8.23. The number of hydrogen-bond acceptors (Lipinski definition) is 3. The summed E-state index contributed by atoms with van der Waals surface area (Å²) < 4.78 is 5.19. The first kappa shape index (κ1) is 19.0. The van der Waals surface area contributed by atoms with Crippen molar-refractivity contribution in [1.29, 1.82) is 0 Å². The van der Waals surface area contributed by atoms with Gasteiger partial charge in [0.05, 0.1) is 0 Å². The summed E-state index contributed by atoms with van der Waals surface area (Å²) >= 11 is 0. The van der Waals surface area contributed by atoms with Crippen molar-refractivity contribution in [2.24, 2.45) is 0 Å². The Balaban J connectivity index is 2.52. The fourth-order valence-corrected chi connectivity index (χ4v) is 2.02. The van der Waals surface area contributed by atoms with Crippen LogP contribution in [0.1, 0.15) is 63.7 Å². The van der Waals surface area contributed by atoms with Crippen molar-refractivity contribution in [1.82, 2.24) is 5.32 Å². The minimum absolute atomic E-state index is 0.130. The topological polar surface area (TPSA) is 67.4 Å². The summed E-state index contributed by atoms with van der Waals surface area (Å²) in [4.78, 5) is 23.8. The number of nitrogens with one attached hydrogen (secondary N) is 2. The van der Waals surface area contributed by atoms with Crippen LogP contribution in [-0.4, -0.2) is 24.1 Å². The van der Waals surface area contributed by atoms with Crippen LogP contribution in [0.25, 0.3) is 0 Å². The molecule has 0 atom stereocenters. The van der Waals surface area contributed by atoms with Gasteiger partial charge in [-0.25, -0.2) is 4.79 Å². The van der Waals surface area contributed by atoms with Gasteiger partial charge in [0.25, 0.3) is 5.91 Å². The van der Waals surface area contributed by atoms with Crippen LogP contribution in [0.15, 0.2) is 24.3 Å². The number of carbonyl (C=O) groups excluding carboxylic acids is 2. The molecule has 0 saturated heterocycles. The lowest BCUT2D eigenvalue weighted by atomic mass is 10.1. The molecule has 0 unspecified atom stereocenters. The van der Waals surface area contributed by atoms with E-state index in [0.717, 1.165) is 12.8 Å². The smallest absolute Gasteiger partial charge is 0.412 e. The maximum Gasteiger partial charge on any atom is 0.412 e. The molecule has 0 aliphatic carbocycles. The Morgan fingerprint density at radius 2 is 1.87 bits per heavy atom. The molecule has 2 N–H and O–H groups in total. The Morgan fingerprint density at radius 3 is 2.52 bits per heavy atom. The Hall–Kier alpha value is -2.04. The summed E-state index contributed by atoms with van der Waals surface area (Å²) in [5.74, 6) is -0.130. The monoisotopic (exact) mass is 320 g/mol. The first-order valence-electron chi connectivity index (χ1n) is 8.20. The van der Waals surface area contributed by atoms with Crippen LogP contribution in [0, 0.1) is 0 Å². The molecule has 0 radical (unpaired) electrons. The molecule has 0 aliphatic heterocycles. The molecule has 1 aromatic rings. The zero-order chi connectivity index (χ0) is 17.3. The summed E-state index contributed by atoms with van der Waals surface area (Å²) in [6.07, 6.45) is 3.93. The highest BCUT2D eigenvalue weighted by molar-refractivity contribution is 5.96. The highest BCUT2D eigenvalue weighted by Gasteiger charge is 2.16. The highest BCUT2D eigenvalue weighted by atomic mass is 16.6. The van der Waals surface area contributed by atoms with Crippen LogP contribution in [0.4, 0.5) is 10.5 Å². The number of carbonyl (C=O) groups is 2. The molecule has 5 nitrogen and oxygen atoms in total. The van der Waals surface area contributed by atoms with Crippen molar-refractivity contribution >= 4 is 17.7 Å². The van der Waals surface area contributed by atoms with E-state index in [2.05, 4.69) is 17.6 Å². The van der Waals surface area contributed by atoms with E-state index in [1.807, 2.05) is 0 Å². The quantitative estimate of drug-likeness (QED) is 0.734. The molecule has 23 heavy (non-hydrogen) atoms. The lowest BCUT2D eigenvalue weighted by Gasteiger charge is -2.19. The fraction of sp³-hybridized carbons (Fsp3) is 0.556. The van der Waals surface area contributed by atoms with Crippen LogP contribution in [0.3, 0.4) is 0 Å². The van der Waals surface area contributed by atoms with E-state index in [-0.39, 0.29) is 5.91 Å². The summed E-state index contributed by atoms with van der Waals surface area (Å²) in [5, 5.41) is 5.53. The van der Waals surface area contributed by atoms with E-state index < -0.39 is 11.7 Å². The zero-order valence-electron chi connectivity index (χ0n) is 14.6. The number of unbranched alkanes of at least 4 members (excludes halogenated alkanes) is 3. The third-order valence-electron chi connectivity index (χ3n) is 3.09. The van der Waals surface area contributed by atoms with Crippen molar-refractivity contribution in [3.63, 3.8) is 0 Å². The molecule has 128 valence electrons. The normalized spacial score (nSPS) is 11.0. The SMILES string of the molecule is CCCCCCNC(=O)c1cccc(NC(=O)OC(C)(C)C)c1. The van der Waals surface area contributed by atoms with Crippen LogP contribution in [-0.2, 0) is 4.74 Å². The maximum absolute atomic E-state index is 12.1. The molecular formula is C18H28N2O3. The first-order chi connectivity index (χ1) is 10.8. The van der Waals surface area contributed by atoms with Gasteiger partial charge in [-0.3, -0.25) is 10.1 Å². The molecule has 0 saturated carbocycles. The zero-order valence-corrected chi connectivity index (χ0v) is 14.6. The van der Waals surface area contributed by atoms with Crippen molar-refractivity contribution < 1.29 is 14.3 Å². The molecule has 5 heteroatoms. The molecule has 2 amide bonds. The van der Waals surface area contributed by atoms with Gasteiger partial charge in [-0.05, 0) is 45.4 Å². The van der Waals surface area contributed by atoms with E-state index in [4.69, 9.17) is 4.74 Å². The lowest BCUT2D eigenvalue weighted by Crippen LogP contribution is -2.27. The predicted molar refractivity (Wildman–Crippen MR) is 92.8 cm³/mol. The van der Waals surface area contributed by atoms with Crippen LogP contribution >= 0.6 is 0 Å². The minimum atomic E-state index is -0.558. The standard InChI is InChI=1S/C18H28N2O3/c1-5-6-7-8-12-19-16(21)14-10-9-11-15(13-14)20-17(22)23-18(2,3)4/h9-11,13H,5-8,12H2,1-4H3,(H,19,21)(H,20,22). The minimum Gasteiger partial charge on any atom is -0.444 e. The van der Waals surface area contributed by atoms with Crippen molar-refractivity contribution in [2.45, 2.75) is 59.0 Å². The number of anilines is 1. The highest BCUT2D eigenvalue weighted by Crippen LogP contribution is 2.13. The Labute approximate surface area is 138 Å². The fourth-order valence-electron chi connectivity index (χ4n) is 2.02. The second-order valence-corrected chi connectivity index (χ2v) is 6.52. The molecule has 0 spiro atoms. The Morgan fingerprint density at radius 1 is 1.13 bits per heavy atom. The van der Waals surface area contributed by atoms with Gasteiger partial charge in [0.2, 0.25) is 0 Å². The second-order valence-electron chi connectivity index (χ2n) is 6.52.